The fourth-order valence-corrected chi connectivity index (χ4v) is 4.40. The molecule has 0 radical (unpaired) electrons. The highest BCUT2D eigenvalue weighted by Gasteiger charge is 2.36. The lowest BCUT2D eigenvalue weighted by molar-refractivity contribution is 0.160. The quantitative estimate of drug-likeness (QED) is 0.816. The maximum Gasteiger partial charge on any atom is 0.0209 e. The van der Waals surface area contributed by atoms with E-state index in [1.165, 1.54) is 71.1 Å². The Morgan fingerprint density at radius 3 is 2.44 bits per heavy atom. The van der Waals surface area contributed by atoms with Gasteiger partial charge in [0.05, 0.1) is 0 Å². The Bertz CT molecular complexity index is 302. The lowest BCUT2D eigenvalue weighted by atomic mass is 9.97. The topological polar surface area (TPSA) is 18.5 Å². The summed E-state index contributed by atoms with van der Waals surface area (Å²) >= 11 is 0. The van der Waals surface area contributed by atoms with Crippen LogP contribution in [-0.4, -0.2) is 60.1 Å². The van der Waals surface area contributed by atoms with E-state index in [1.807, 2.05) is 0 Å². The molecule has 1 aliphatic carbocycles. The number of hydrogen-bond donors (Lipinski definition) is 1. The first-order valence-corrected chi connectivity index (χ1v) is 8.12. The molecule has 4 aliphatic rings. The van der Waals surface area contributed by atoms with Gasteiger partial charge in [-0.15, -0.1) is 0 Å². The molecule has 0 spiro atoms. The molecular weight excluding hydrogens is 222 g/mol. The molecule has 0 amide bonds. The second kappa shape index (κ2) is 4.77. The molecule has 4 fully saturated rings. The van der Waals surface area contributed by atoms with Crippen molar-refractivity contribution in [2.75, 3.05) is 26.2 Å². The Balaban J connectivity index is 1.27. The SMILES string of the molecule is C1CC2CC(NC3CCN(C4CC4)C3)CCN2C1. The van der Waals surface area contributed by atoms with Gasteiger partial charge in [-0.1, -0.05) is 0 Å². The van der Waals surface area contributed by atoms with E-state index >= 15 is 0 Å². The van der Waals surface area contributed by atoms with Gasteiger partial charge in [0.25, 0.3) is 0 Å². The third-order valence-corrected chi connectivity index (χ3v) is 5.57. The van der Waals surface area contributed by atoms with Crippen LogP contribution in [0, 0.1) is 0 Å². The molecule has 3 unspecified atom stereocenters. The van der Waals surface area contributed by atoms with E-state index < -0.39 is 0 Å². The van der Waals surface area contributed by atoms with Crippen LogP contribution in [0.25, 0.3) is 0 Å². The zero-order valence-corrected chi connectivity index (χ0v) is 11.5. The first kappa shape index (κ1) is 11.7. The molecule has 4 rings (SSSR count). The average Bonchev–Trinajstić information content (AvgIpc) is 2.95. The minimum Gasteiger partial charge on any atom is -0.310 e. The minimum absolute atomic E-state index is 0.795. The van der Waals surface area contributed by atoms with Gasteiger partial charge in [-0.05, 0) is 58.0 Å². The van der Waals surface area contributed by atoms with Gasteiger partial charge in [0.15, 0.2) is 0 Å². The Labute approximate surface area is 111 Å². The molecule has 0 bridgehead atoms. The van der Waals surface area contributed by atoms with Crippen LogP contribution in [0.1, 0.15) is 44.9 Å². The van der Waals surface area contributed by atoms with Gasteiger partial charge in [0.2, 0.25) is 0 Å². The van der Waals surface area contributed by atoms with E-state index in [9.17, 15) is 0 Å². The number of fused-ring (bicyclic) bond motifs is 1. The van der Waals surface area contributed by atoms with Gasteiger partial charge < -0.3 is 10.2 Å². The molecule has 102 valence electrons. The predicted octanol–water partition coefficient (Wildman–Crippen LogP) is 1.44. The molecule has 3 heterocycles. The van der Waals surface area contributed by atoms with E-state index in [1.54, 1.807) is 0 Å². The Morgan fingerprint density at radius 2 is 1.56 bits per heavy atom. The largest absolute Gasteiger partial charge is 0.310 e. The standard InChI is InChI=1S/C15H27N3/c1-2-15-10-12(5-8-17(15)7-1)16-13-6-9-18(11-13)14-3-4-14/h12-16H,1-11H2. The highest BCUT2D eigenvalue weighted by molar-refractivity contribution is 4.95. The van der Waals surface area contributed by atoms with Crippen molar-refractivity contribution in [3.8, 4) is 0 Å². The lowest BCUT2D eigenvalue weighted by Crippen LogP contribution is -2.49. The van der Waals surface area contributed by atoms with Crippen LogP contribution in [0.15, 0.2) is 0 Å². The van der Waals surface area contributed by atoms with Gasteiger partial charge in [-0.25, -0.2) is 0 Å². The third-order valence-electron chi connectivity index (χ3n) is 5.57. The first-order chi connectivity index (χ1) is 8.88. The summed E-state index contributed by atoms with van der Waals surface area (Å²) in [4.78, 5) is 5.45. The molecule has 3 saturated heterocycles. The van der Waals surface area contributed by atoms with Gasteiger partial charge in [0, 0.05) is 37.3 Å². The summed E-state index contributed by atoms with van der Waals surface area (Å²) in [5.74, 6) is 0. The van der Waals surface area contributed by atoms with Crippen LogP contribution in [0.5, 0.6) is 0 Å². The first-order valence-electron chi connectivity index (χ1n) is 8.12. The Kier molecular flexibility index (Phi) is 3.10. The fraction of sp³-hybridized carbons (Fsp3) is 1.00. The fourth-order valence-electron chi connectivity index (χ4n) is 4.40. The lowest BCUT2D eigenvalue weighted by Gasteiger charge is -2.36. The van der Waals surface area contributed by atoms with Crippen LogP contribution >= 0.6 is 0 Å². The van der Waals surface area contributed by atoms with Gasteiger partial charge in [-0.2, -0.15) is 0 Å². The predicted molar refractivity (Wildman–Crippen MR) is 73.8 cm³/mol. The van der Waals surface area contributed by atoms with Crippen molar-refractivity contribution in [2.24, 2.45) is 0 Å². The van der Waals surface area contributed by atoms with Crippen LogP contribution in [0.4, 0.5) is 0 Å². The normalized spacial score (nSPS) is 42.3. The highest BCUT2D eigenvalue weighted by Crippen LogP contribution is 2.31. The van der Waals surface area contributed by atoms with Gasteiger partial charge >= 0.3 is 0 Å². The van der Waals surface area contributed by atoms with E-state index in [2.05, 4.69) is 15.1 Å². The third kappa shape index (κ3) is 2.33. The van der Waals surface area contributed by atoms with Crippen LogP contribution in [0.3, 0.4) is 0 Å². The van der Waals surface area contributed by atoms with Crippen LogP contribution in [0.2, 0.25) is 0 Å². The summed E-state index contributed by atoms with van der Waals surface area (Å²) in [5, 5.41) is 3.97. The summed E-state index contributed by atoms with van der Waals surface area (Å²) in [7, 11) is 0. The van der Waals surface area contributed by atoms with Crippen molar-refractivity contribution in [2.45, 2.75) is 69.1 Å². The maximum atomic E-state index is 3.97. The van der Waals surface area contributed by atoms with E-state index in [4.69, 9.17) is 0 Å². The summed E-state index contributed by atoms with van der Waals surface area (Å²) < 4.78 is 0. The van der Waals surface area contributed by atoms with Crippen LogP contribution in [-0.2, 0) is 0 Å². The summed E-state index contributed by atoms with van der Waals surface area (Å²) in [6, 6.07) is 3.49. The Hall–Kier alpha value is -0.120. The highest BCUT2D eigenvalue weighted by atomic mass is 15.2. The summed E-state index contributed by atoms with van der Waals surface area (Å²) in [6.07, 6.45) is 10.0. The van der Waals surface area contributed by atoms with Crippen LogP contribution < -0.4 is 5.32 Å². The molecule has 3 heteroatoms. The van der Waals surface area contributed by atoms with Crippen molar-refractivity contribution < 1.29 is 0 Å². The molecule has 18 heavy (non-hydrogen) atoms. The molecule has 3 nitrogen and oxygen atoms in total. The smallest absolute Gasteiger partial charge is 0.0209 e. The minimum atomic E-state index is 0.795. The molecule has 3 atom stereocenters. The number of nitrogens with one attached hydrogen (secondary N) is 1. The van der Waals surface area contributed by atoms with Gasteiger partial charge in [-0.3, -0.25) is 4.90 Å². The van der Waals surface area contributed by atoms with Crippen molar-refractivity contribution in [1.29, 1.82) is 0 Å². The van der Waals surface area contributed by atoms with Gasteiger partial charge in [0.1, 0.15) is 0 Å². The van der Waals surface area contributed by atoms with Crippen molar-refractivity contribution in [3.05, 3.63) is 0 Å². The zero-order valence-electron chi connectivity index (χ0n) is 11.5. The molecular formula is C15H27N3. The van der Waals surface area contributed by atoms with E-state index in [0.29, 0.717) is 0 Å². The molecule has 1 N–H and O–H groups in total. The van der Waals surface area contributed by atoms with Crippen molar-refractivity contribution in [3.63, 3.8) is 0 Å². The average molecular weight is 249 g/mol. The molecule has 0 aromatic rings. The number of nitrogens with zero attached hydrogens (tertiary/aromatic N) is 2. The number of hydrogen-bond acceptors (Lipinski definition) is 3. The van der Waals surface area contributed by atoms with E-state index in [-0.39, 0.29) is 0 Å². The second-order valence-corrected chi connectivity index (χ2v) is 6.93. The Morgan fingerprint density at radius 1 is 0.722 bits per heavy atom. The zero-order chi connectivity index (χ0) is 11.9. The molecule has 3 aliphatic heterocycles. The second-order valence-electron chi connectivity index (χ2n) is 6.93. The molecule has 0 aromatic carbocycles. The maximum absolute atomic E-state index is 3.97. The summed E-state index contributed by atoms with van der Waals surface area (Å²) in [6.45, 7) is 5.40. The summed E-state index contributed by atoms with van der Waals surface area (Å²) in [5.41, 5.74) is 0. The van der Waals surface area contributed by atoms with E-state index in [0.717, 1.165) is 24.2 Å². The van der Waals surface area contributed by atoms with Crippen molar-refractivity contribution in [1.82, 2.24) is 15.1 Å². The molecule has 0 aromatic heterocycles. The monoisotopic (exact) mass is 249 g/mol. The number of rotatable bonds is 3. The number of piperidine rings is 1. The van der Waals surface area contributed by atoms with Crippen molar-refractivity contribution >= 4 is 0 Å². The molecule has 1 saturated carbocycles. The number of likely N-dealkylation sites (tertiary alicyclic amines) is 1.